The molecule has 2 aliphatic rings. The third kappa shape index (κ3) is 2.56. The molecule has 1 atom stereocenters. The molecule has 114 valence electrons. The highest BCUT2D eigenvalue weighted by molar-refractivity contribution is 9.10. The zero-order valence-corrected chi connectivity index (χ0v) is 14.0. The second kappa shape index (κ2) is 5.69. The molecule has 3 heteroatoms. The highest BCUT2D eigenvalue weighted by atomic mass is 79.9. The van der Waals surface area contributed by atoms with Crippen molar-refractivity contribution in [2.45, 2.75) is 37.6 Å². The van der Waals surface area contributed by atoms with Gasteiger partial charge < -0.3 is 4.90 Å². The summed E-state index contributed by atoms with van der Waals surface area (Å²) in [5, 5.41) is 0. The van der Waals surface area contributed by atoms with Crippen molar-refractivity contribution in [3.05, 3.63) is 63.9 Å². The van der Waals surface area contributed by atoms with Gasteiger partial charge in [0.25, 0.3) is 0 Å². The van der Waals surface area contributed by atoms with Crippen molar-refractivity contribution in [1.29, 1.82) is 0 Å². The molecule has 4 rings (SSSR count). The van der Waals surface area contributed by atoms with E-state index in [1.54, 1.807) is 6.07 Å². The molecule has 22 heavy (non-hydrogen) atoms. The number of rotatable bonds is 3. The Morgan fingerprint density at radius 3 is 2.50 bits per heavy atom. The summed E-state index contributed by atoms with van der Waals surface area (Å²) in [5.74, 6) is 0.596. The summed E-state index contributed by atoms with van der Waals surface area (Å²) >= 11 is 3.35. The fourth-order valence-electron chi connectivity index (χ4n) is 3.67. The van der Waals surface area contributed by atoms with Crippen LogP contribution in [0.2, 0.25) is 0 Å². The van der Waals surface area contributed by atoms with Gasteiger partial charge in [-0.25, -0.2) is 4.39 Å². The van der Waals surface area contributed by atoms with Crippen LogP contribution in [0, 0.1) is 5.82 Å². The Balaban J connectivity index is 1.72. The lowest BCUT2D eigenvalue weighted by atomic mass is 9.95. The third-order valence-corrected chi connectivity index (χ3v) is 5.34. The van der Waals surface area contributed by atoms with Gasteiger partial charge in [-0.2, -0.15) is 0 Å². The van der Waals surface area contributed by atoms with Gasteiger partial charge in [0.2, 0.25) is 0 Å². The maximum Gasteiger partial charge on any atom is 0.147 e. The molecule has 1 saturated carbocycles. The highest BCUT2D eigenvalue weighted by Crippen LogP contribution is 2.46. The number of halogens is 2. The minimum Gasteiger partial charge on any atom is -0.362 e. The summed E-state index contributed by atoms with van der Waals surface area (Å²) < 4.78 is 15.2. The van der Waals surface area contributed by atoms with Crippen molar-refractivity contribution in [1.82, 2.24) is 0 Å². The first-order chi connectivity index (χ1) is 10.7. The Bertz CT molecular complexity index is 696. The van der Waals surface area contributed by atoms with Gasteiger partial charge in [0, 0.05) is 11.0 Å². The number of benzene rings is 2. The molecular formula is C19H19BrFN. The Hall–Kier alpha value is -1.35. The predicted octanol–water partition coefficient (Wildman–Crippen LogP) is 5.81. The Kier molecular flexibility index (Phi) is 3.69. The number of hydrogen-bond donors (Lipinski definition) is 0. The highest BCUT2D eigenvalue weighted by Gasteiger charge is 2.33. The topological polar surface area (TPSA) is 3.24 Å². The first-order valence-corrected chi connectivity index (χ1v) is 8.84. The summed E-state index contributed by atoms with van der Waals surface area (Å²) in [6.45, 7) is 0.933. The van der Waals surface area contributed by atoms with Crippen LogP contribution in [-0.2, 0) is 0 Å². The Labute approximate surface area is 139 Å². The molecule has 2 fully saturated rings. The summed E-state index contributed by atoms with van der Waals surface area (Å²) in [5.41, 5.74) is 3.62. The van der Waals surface area contributed by atoms with Crippen LogP contribution in [-0.4, -0.2) is 6.54 Å². The largest absolute Gasteiger partial charge is 0.362 e. The van der Waals surface area contributed by atoms with Crippen molar-refractivity contribution in [3.63, 3.8) is 0 Å². The van der Waals surface area contributed by atoms with E-state index in [0.29, 0.717) is 6.04 Å². The second-order valence-corrected chi connectivity index (χ2v) is 7.27. The van der Waals surface area contributed by atoms with Gasteiger partial charge in [-0.3, -0.25) is 0 Å². The molecule has 2 aromatic rings. The van der Waals surface area contributed by atoms with E-state index in [2.05, 4.69) is 45.1 Å². The number of nitrogens with zero attached hydrogens (tertiary/aromatic N) is 1. The van der Waals surface area contributed by atoms with Crippen LogP contribution >= 0.6 is 15.9 Å². The van der Waals surface area contributed by atoms with Crippen molar-refractivity contribution in [3.8, 4) is 0 Å². The van der Waals surface area contributed by atoms with Crippen molar-refractivity contribution >= 4 is 21.6 Å². The minimum atomic E-state index is -0.134. The monoisotopic (exact) mass is 359 g/mol. The first kappa shape index (κ1) is 14.3. The van der Waals surface area contributed by atoms with Crippen molar-refractivity contribution in [2.75, 3.05) is 11.4 Å². The Morgan fingerprint density at radius 1 is 1.00 bits per heavy atom. The lowest BCUT2D eigenvalue weighted by molar-refractivity contribution is 0.609. The van der Waals surface area contributed by atoms with Gasteiger partial charge in [-0.15, -0.1) is 0 Å². The summed E-state index contributed by atoms with van der Waals surface area (Å²) in [4.78, 5) is 2.25. The van der Waals surface area contributed by atoms with Crippen LogP contribution in [0.3, 0.4) is 0 Å². The van der Waals surface area contributed by atoms with E-state index in [9.17, 15) is 4.39 Å². The van der Waals surface area contributed by atoms with Gasteiger partial charge >= 0.3 is 0 Å². The average molecular weight is 360 g/mol. The zero-order valence-electron chi connectivity index (χ0n) is 12.4. The molecular weight excluding hydrogens is 341 g/mol. The molecule has 0 spiro atoms. The van der Waals surface area contributed by atoms with Gasteiger partial charge in [0.1, 0.15) is 5.82 Å². The first-order valence-electron chi connectivity index (χ1n) is 8.04. The smallest absolute Gasteiger partial charge is 0.147 e. The van der Waals surface area contributed by atoms with Gasteiger partial charge in [0.05, 0.1) is 11.7 Å². The lowest BCUT2D eigenvalue weighted by Crippen LogP contribution is -2.24. The van der Waals surface area contributed by atoms with Crippen LogP contribution in [0.5, 0.6) is 0 Å². The van der Waals surface area contributed by atoms with Crippen LogP contribution in [0.1, 0.15) is 48.8 Å². The maximum absolute atomic E-state index is 14.4. The third-order valence-electron chi connectivity index (χ3n) is 4.84. The van der Waals surface area contributed by atoms with E-state index < -0.39 is 0 Å². The molecule has 1 nitrogen and oxygen atoms in total. The van der Waals surface area contributed by atoms with Crippen LogP contribution in [0.25, 0.3) is 0 Å². The van der Waals surface area contributed by atoms with Crippen LogP contribution in [0.15, 0.2) is 46.9 Å². The maximum atomic E-state index is 14.4. The Morgan fingerprint density at radius 2 is 1.77 bits per heavy atom. The normalized spacial score (nSPS) is 21.4. The summed E-state index contributed by atoms with van der Waals surface area (Å²) in [6.07, 6.45) is 4.84. The molecule has 0 N–H and O–H groups in total. The minimum absolute atomic E-state index is 0.134. The molecule has 0 aromatic heterocycles. The van der Waals surface area contributed by atoms with Crippen LogP contribution in [0.4, 0.5) is 10.1 Å². The lowest BCUT2D eigenvalue weighted by Gasteiger charge is -2.29. The van der Waals surface area contributed by atoms with Crippen molar-refractivity contribution in [2.24, 2.45) is 0 Å². The van der Waals surface area contributed by atoms with E-state index >= 15 is 0 Å². The standard InChI is InChI=1S/C19H19BrFN/c20-14-9-10-19(17(21)12-14)22-11-3-6-18(22)16-5-2-1-4-15(16)13-7-8-13/h1-2,4-5,9-10,12-13,18H,3,6-8,11H2. The zero-order chi connectivity index (χ0) is 15.1. The molecule has 1 unspecified atom stereocenters. The molecule has 1 aliphatic carbocycles. The second-order valence-electron chi connectivity index (χ2n) is 6.35. The van der Waals surface area contributed by atoms with E-state index in [-0.39, 0.29) is 5.82 Å². The fraction of sp³-hybridized carbons (Fsp3) is 0.368. The van der Waals surface area contributed by atoms with E-state index in [1.807, 2.05) is 12.1 Å². The summed E-state index contributed by atoms with van der Waals surface area (Å²) in [6, 6.07) is 14.5. The molecule has 0 amide bonds. The van der Waals surface area contributed by atoms with Gasteiger partial charge in [0.15, 0.2) is 0 Å². The fourth-order valence-corrected chi connectivity index (χ4v) is 4.01. The molecule has 0 bridgehead atoms. The average Bonchev–Trinajstić information content (AvgIpc) is 3.25. The molecule has 1 aliphatic heterocycles. The van der Waals surface area contributed by atoms with Gasteiger partial charge in [-0.1, -0.05) is 40.2 Å². The quantitative estimate of drug-likeness (QED) is 0.668. The molecule has 0 radical (unpaired) electrons. The molecule has 1 heterocycles. The van der Waals surface area contributed by atoms with E-state index in [4.69, 9.17) is 0 Å². The molecule has 2 aromatic carbocycles. The number of hydrogen-bond acceptors (Lipinski definition) is 1. The van der Waals surface area contributed by atoms with Crippen LogP contribution < -0.4 is 4.90 Å². The molecule has 1 saturated heterocycles. The summed E-state index contributed by atoms with van der Waals surface area (Å²) in [7, 11) is 0. The predicted molar refractivity (Wildman–Crippen MR) is 91.8 cm³/mol. The van der Waals surface area contributed by atoms with Gasteiger partial charge in [-0.05, 0) is 60.9 Å². The van der Waals surface area contributed by atoms with E-state index in [1.165, 1.54) is 24.0 Å². The SMILES string of the molecule is Fc1cc(Br)ccc1N1CCCC1c1ccccc1C1CC1. The van der Waals surface area contributed by atoms with Crippen molar-refractivity contribution < 1.29 is 4.39 Å². The van der Waals surface area contributed by atoms with E-state index in [0.717, 1.165) is 35.5 Å². The number of anilines is 1.